The van der Waals surface area contributed by atoms with Gasteiger partial charge < -0.3 is 4.74 Å². The summed E-state index contributed by atoms with van der Waals surface area (Å²) >= 11 is 0. The maximum atomic E-state index is 5.71. The van der Waals surface area contributed by atoms with Crippen LogP contribution in [0, 0.1) is 6.92 Å². The van der Waals surface area contributed by atoms with Gasteiger partial charge >= 0.3 is 0 Å². The Balaban J connectivity index is 2.64. The van der Waals surface area contributed by atoms with Crippen LogP contribution < -0.4 is 0 Å². The van der Waals surface area contributed by atoms with E-state index in [1.165, 1.54) is 0 Å². The average molecular weight is 177 g/mol. The predicted molar refractivity (Wildman–Crippen MR) is 55.4 cm³/mol. The molecule has 0 bridgehead atoms. The van der Waals surface area contributed by atoms with E-state index in [-0.39, 0.29) is 11.7 Å². The molecule has 0 amide bonds. The second-order valence-electron chi connectivity index (χ2n) is 4.13. The van der Waals surface area contributed by atoms with Gasteiger partial charge in [-0.3, -0.25) is 0 Å². The van der Waals surface area contributed by atoms with E-state index >= 15 is 0 Å². The Bertz CT molecular complexity index is 246. The van der Waals surface area contributed by atoms with Crippen LogP contribution in [0.25, 0.3) is 0 Å². The minimum atomic E-state index is -0.137. The molecule has 1 aromatic rings. The molecule has 0 N–H and O–H groups in total. The normalized spacial score (nSPS) is 14.2. The van der Waals surface area contributed by atoms with Gasteiger partial charge in [0.25, 0.3) is 0 Å². The maximum absolute atomic E-state index is 5.71. The van der Waals surface area contributed by atoms with Gasteiger partial charge in [-0.25, -0.2) is 0 Å². The lowest BCUT2D eigenvalue weighted by atomic mass is 10.1. The summed E-state index contributed by atoms with van der Waals surface area (Å²) in [6.07, 6.45) is -0.0822. The van der Waals surface area contributed by atoms with E-state index in [4.69, 9.17) is 4.74 Å². The highest BCUT2D eigenvalue weighted by Crippen LogP contribution is 2.22. The summed E-state index contributed by atoms with van der Waals surface area (Å²) < 4.78 is 5.71. The zero-order chi connectivity index (χ0) is 9.90. The van der Waals surface area contributed by atoms with Gasteiger partial charge in [0, 0.05) is 0 Å². The molecule has 0 heterocycles. The third-order valence-electron chi connectivity index (χ3n) is 1.67. The lowest BCUT2D eigenvalue weighted by Crippen LogP contribution is -2.21. The lowest BCUT2D eigenvalue weighted by molar-refractivity contribution is -0.0409. The lowest BCUT2D eigenvalue weighted by Gasteiger charge is -2.25. The molecule has 1 rings (SSSR count). The van der Waals surface area contributed by atoms with Gasteiger partial charge in [0.05, 0.1) is 11.7 Å². The molecular weight excluding hydrogens is 160 g/mol. The second-order valence-corrected chi connectivity index (χ2v) is 4.13. The third-order valence-corrected chi connectivity index (χ3v) is 1.67. The number of hydrogen-bond acceptors (Lipinski definition) is 1. The van der Waals surface area contributed by atoms with Gasteiger partial charge in [-0.05, 0) is 33.3 Å². The van der Waals surface area contributed by atoms with E-state index in [1.807, 2.05) is 51.1 Å². The Hall–Kier alpha value is -0.820. The van der Waals surface area contributed by atoms with Crippen molar-refractivity contribution in [1.82, 2.24) is 0 Å². The minimum Gasteiger partial charge on any atom is -0.368 e. The minimum absolute atomic E-state index is 0.0822. The third kappa shape index (κ3) is 3.60. The first-order valence-corrected chi connectivity index (χ1v) is 4.55. The molecule has 71 valence electrons. The molecule has 0 saturated carbocycles. The van der Waals surface area contributed by atoms with Crippen LogP contribution in [-0.4, -0.2) is 5.60 Å². The fraction of sp³-hybridized carbons (Fsp3) is 0.417. The molecular formula is C12H17O. The van der Waals surface area contributed by atoms with Gasteiger partial charge in [0.15, 0.2) is 0 Å². The highest BCUT2D eigenvalue weighted by molar-refractivity contribution is 5.18. The van der Waals surface area contributed by atoms with Crippen LogP contribution in [0.2, 0.25) is 0 Å². The Morgan fingerprint density at radius 1 is 1.15 bits per heavy atom. The first-order chi connectivity index (χ1) is 5.99. The summed E-state index contributed by atoms with van der Waals surface area (Å²) in [7, 11) is 0. The van der Waals surface area contributed by atoms with E-state index < -0.39 is 0 Å². The summed E-state index contributed by atoms with van der Waals surface area (Å²) in [5.41, 5.74) is 0.986. The van der Waals surface area contributed by atoms with Crippen molar-refractivity contribution >= 4 is 0 Å². The van der Waals surface area contributed by atoms with Crippen molar-refractivity contribution in [1.29, 1.82) is 0 Å². The van der Waals surface area contributed by atoms with Crippen molar-refractivity contribution in [2.75, 3.05) is 0 Å². The standard InChI is InChI=1S/C12H17O/c1-10(13-12(2,3)4)11-8-6-5-7-9-11/h5-10H,1H2,2-4H3. The van der Waals surface area contributed by atoms with Gasteiger partial charge in [-0.1, -0.05) is 30.3 Å². The summed E-state index contributed by atoms with van der Waals surface area (Å²) in [6.45, 7) is 10.1. The van der Waals surface area contributed by atoms with Gasteiger partial charge in [-0.15, -0.1) is 0 Å². The zero-order valence-electron chi connectivity index (χ0n) is 8.58. The van der Waals surface area contributed by atoms with Crippen molar-refractivity contribution in [2.45, 2.75) is 32.5 Å². The van der Waals surface area contributed by atoms with Crippen LogP contribution in [0.4, 0.5) is 0 Å². The van der Waals surface area contributed by atoms with Crippen molar-refractivity contribution < 1.29 is 4.74 Å². The molecule has 0 aliphatic heterocycles. The zero-order valence-corrected chi connectivity index (χ0v) is 8.58. The summed E-state index contributed by atoms with van der Waals surface area (Å²) in [4.78, 5) is 0. The molecule has 0 aromatic heterocycles. The van der Waals surface area contributed by atoms with Crippen LogP contribution in [0.1, 0.15) is 32.4 Å². The fourth-order valence-electron chi connectivity index (χ4n) is 1.16. The quantitative estimate of drug-likeness (QED) is 0.673. The molecule has 0 saturated heterocycles. The highest BCUT2D eigenvalue weighted by atomic mass is 16.5. The van der Waals surface area contributed by atoms with Crippen molar-refractivity contribution in [3.8, 4) is 0 Å². The summed E-state index contributed by atoms with van der Waals surface area (Å²) in [5, 5.41) is 0. The van der Waals surface area contributed by atoms with Crippen LogP contribution in [0.3, 0.4) is 0 Å². The molecule has 1 unspecified atom stereocenters. The van der Waals surface area contributed by atoms with E-state index in [9.17, 15) is 0 Å². The second kappa shape index (κ2) is 3.93. The Labute approximate surface area is 80.7 Å². The number of hydrogen-bond donors (Lipinski definition) is 0. The first kappa shape index (κ1) is 10.3. The Morgan fingerprint density at radius 3 is 2.15 bits per heavy atom. The topological polar surface area (TPSA) is 9.23 Å². The van der Waals surface area contributed by atoms with Crippen LogP contribution in [0.15, 0.2) is 30.3 Å². The molecule has 13 heavy (non-hydrogen) atoms. The molecule has 1 radical (unpaired) electrons. The molecule has 1 aromatic carbocycles. The fourth-order valence-corrected chi connectivity index (χ4v) is 1.16. The van der Waals surface area contributed by atoms with Gasteiger partial charge in [0.2, 0.25) is 0 Å². The maximum Gasteiger partial charge on any atom is 0.0833 e. The number of rotatable bonds is 2. The van der Waals surface area contributed by atoms with Crippen molar-refractivity contribution in [3.05, 3.63) is 42.8 Å². The van der Waals surface area contributed by atoms with Crippen LogP contribution >= 0.6 is 0 Å². The SMILES string of the molecule is [CH2]C(OC(C)(C)C)c1ccccc1. The van der Waals surface area contributed by atoms with Gasteiger partial charge in [-0.2, -0.15) is 0 Å². The highest BCUT2D eigenvalue weighted by Gasteiger charge is 2.15. The smallest absolute Gasteiger partial charge is 0.0833 e. The van der Waals surface area contributed by atoms with Crippen molar-refractivity contribution in [2.24, 2.45) is 0 Å². The molecule has 1 heteroatoms. The molecule has 1 atom stereocenters. The van der Waals surface area contributed by atoms with Crippen molar-refractivity contribution in [3.63, 3.8) is 0 Å². The molecule has 0 aliphatic carbocycles. The average Bonchev–Trinajstić information content (AvgIpc) is 2.03. The van der Waals surface area contributed by atoms with Gasteiger partial charge in [0.1, 0.15) is 0 Å². The van der Waals surface area contributed by atoms with E-state index in [1.54, 1.807) is 0 Å². The number of ether oxygens (including phenoxy) is 1. The Kier molecular flexibility index (Phi) is 3.10. The molecule has 0 aliphatic rings. The van der Waals surface area contributed by atoms with Crippen LogP contribution in [0.5, 0.6) is 0 Å². The number of benzene rings is 1. The van der Waals surface area contributed by atoms with Crippen LogP contribution in [-0.2, 0) is 4.74 Å². The monoisotopic (exact) mass is 177 g/mol. The predicted octanol–water partition coefficient (Wildman–Crippen LogP) is 3.38. The Morgan fingerprint density at radius 2 is 1.69 bits per heavy atom. The molecule has 0 spiro atoms. The summed E-state index contributed by atoms with van der Waals surface area (Å²) in [5.74, 6) is 0. The van der Waals surface area contributed by atoms with E-state index in [0.29, 0.717) is 0 Å². The molecule has 1 nitrogen and oxygen atoms in total. The first-order valence-electron chi connectivity index (χ1n) is 4.55. The van der Waals surface area contributed by atoms with E-state index in [0.717, 1.165) is 5.56 Å². The largest absolute Gasteiger partial charge is 0.368 e. The van der Waals surface area contributed by atoms with E-state index in [2.05, 4.69) is 6.92 Å². The summed E-state index contributed by atoms with van der Waals surface area (Å²) in [6, 6.07) is 10.1. The molecule has 0 fully saturated rings.